The van der Waals surface area contributed by atoms with E-state index < -0.39 is 0 Å². The summed E-state index contributed by atoms with van der Waals surface area (Å²) in [4.78, 5) is 12.1. The summed E-state index contributed by atoms with van der Waals surface area (Å²) in [7, 11) is 0. The molecule has 0 saturated carbocycles. The minimum Gasteiger partial charge on any atom is -0.385 e. The summed E-state index contributed by atoms with van der Waals surface area (Å²) in [6, 6.07) is 8.09. The zero-order chi connectivity index (χ0) is 12.1. The molecule has 2 heteroatoms. The standard InChI is InChI=1S/C15H17NO/c1-2-3-4-9-15(17)13-10-11-16-14-8-6-5-7-12(13)14/h5-8,13,16H,4,9-11H2,1H3. The van der Waals surface area contributed by atoms with Crippen LogP contribution in [0.5, 0.6) is 0 Å². The first-order valence-corrected chi connectivity index (χ1v) is 6.08. The van der Waals surface area contributed by atoms with Crippen LogP contribution in [0.4, 0.5) is 5.69 Å². The molecule has 0 radical (unpaired) electrons. The van der Waals surface area contributed by atoms with Gasteiger partial charge in [-0.2, -0.15) is 0 Å². The van der Waals surface area contributed by atoms with Crippen LogP contribution in [0.2, 0.25) is 0 Å². The van der Waals surface area contributed by atoms with E-state index in [0.29, 0.717) is 18.6 Å². The topological polar surface area (TPSA) is 29.1 Å². The van der Waals surface area contributed by atoms with Crippen LogP contribution in [0.1, 0.15) is 37.7 Å². The second-order valence-corrected chi connectivity index (χ2v) is 4.25. The molecular weight excluding hydrogens is 210 g/mol. The number of carbonyl (C=O) groups excluding carboxylic acids is 1. The highest BCUT2D eigenvalue weighted by Gasteiger charge is 2.25. The molecule has 2 rings (SSSR count). The van der Waals surface area contributed by atoms with Crippen LogP contribution in [0.15, 0.2) is 24.3 Å². The number of nitrogens with one attached hydrogen (secondary N) is 1. The zero-order valence-electron chi connectivity index (χ0n) is 10.1. The summed E-state index contributed by atoms with van der Waals surface area (Å²) in [6.45, 7) is 2.69. The Hall–Kier alpha value is -1.75. The Bertz CT molecular complexity index is 467. The van der Waals surface area contributed by atoms with Crippen LogP contribution in [-0.2, 0) is 4.79 Å². The number of hydrogen-bond donors (Lipinski definition) is 1. The van der Waals surface area contributed by atoms with Gasteiger partial charge in [0.15, 0.2) is 0 Å². The van der Waals surface area contributed by atoms with Gasteiger partial charge in [0.1, 0.15) is 5.78 Å². The Labute approximate surface area is 102 Å². The molecule has 1 aromatic rings. The van der Waals surface area contributed by atoms with Gasteiger partial charge in [-0.25, -0.2) is 0 Å². The molecule has 0 bridgehead atoms. The van der Waals surface area contributed by atoms with Crippen molar-refractivity contribution in [3.05, 3.63) is 29.8 Å². The Morgan fingerprint density at radius 2 is 2.29 bits per heavy atom. The van der Waals surface area contributed by atoms with Gasteiger partial charge in [-0.3, -0.25) is 4.79 Å². The van der Waals surface area contributed by atoms with Gasteiger partial charge >= 0.3 is 0 Å². The molecule has 17 heavy (non-hydrogen) atoms. The summed E-state index contributed by atoms with van der Waals surface area (Å²) >= 11 is 0. The highest BCUT2D eigenvalue weighted by Crippen LogP contribution is 2.32. The first-order chi connectivity index (χ1) is 8.33. The van der Waals surface area contributed by atoms with E-state index in [1.807, 2.05) is 25.1 Å². The molecule has 0 spiro atoms. The third-order valence-electron chi connectivity index (χ3n) is 3.15. The molecular formula is C15H17NO. The monoisotopic (exact) mass is 227 g/mol. The SMILES string of the molecule is CC#CCCC(=O)C1CCNc2ccccc21. The second-order valence-electron chi connectivity index (χ2n) is 4.25. The van der Waals surface area contributed by atoms with Crippen molar-refractivity contribution in [2.75, 3.05) is 11.9 Å². The van der Waals surface area contributed by atoms with Crippen molar-refractivity contribution in [3.63, 3.8) is 0 Å². The van der Waals surface area contributed by atoms with Crippen molar-refractivity contribution < 1.29 is 4.79 Å². The quantitative estimate of drug-likeness (QED) is 0.804. The average molecular weight is 227 g/mol. The molecule has 1 aliphatic rings. The summed E-state index contributed by atoms with van der Waals surface area (Å²) in [6.07, 6.45) is 2.15. The minimum absolute atomic E-state index is 0.0612. The van der Waals surface area contributed by atoms with Gasteiger partial charge in [-0.05, 0) is 25.0 Å². The van der Waals surface area contributed by atoms with Gasteiger partial charge in [0.2, 0.25) is 0 Å². The fourth-order valence-corrected chi connectivity index (χ4v) is 2.29. The van der Waals surface area contributed by atoms with E-state index in [-0.39, 0.29) is 5.92 Å². The van der Waals surface area contributed by atoms with Gasteiger partial charge in [0, 0.05) is 31.0 Å². The number of para-hydroxylation sites is 1. The van der Waals surface area contributed by atoms with Crippen LogP contribution in [0.25, 0.3) is 0 Å². The van der Waals surface area contributed by atoms with Gasteiger partial charge in [0.25, 0.3) is 0 Å². The molecule has 0 aromatic heterocycles. The van der Waals surface area contributed by atoms with Crippen molar-refractivity contribution in [1.82, 2.24) is 0 Å². The fourth-order valence-electron chi connectivity index (χ4n) is 2.29. The molecule has 0 aliphatic carbocycles. The molecule has 0 fully saturated rings. The first-order valence-electron chi connectivity index (χ1n) is 6.08. The number of Topliss-reactive ketones (excluding diaryl/α,β-unsaturated/α-hetero) is 1. The number of rotatable bonds is 3. The lowest BCUT2D eigenvalue weighted by Gasteiger charge is -2.25. The van der Waals surface area contributed by atoms with E-state index in [9.17, 15) is 4.79 Å². The Morgan fingerprint density at radius 3 is 3.12 bits per heavy atom. The Kier molecular flexibility index (Phi) is 3.82. The van der Waals surface area contributed by atoms with Crippen molar-refractivity contribution in [2.24, 2.45) is 0 Å². The van der Waals surface area contributed by atoms with Gasteiger partial charge in [-0.1, -0.05) is 18.2 Å². The molecule has 1 unspecified atom stereocenters. The molecule has 1 N–H and O–H groups in total. The van der Waals surface area contributed by atoms with Crippen LogP contribution in [-0.4, -0.2) is 12.3 Å². The number of ketones is 1. The lowest BCUT2D eigenvalue weighted by atomic mass is 9.86. The molecule has 1 aliphatic heterocycles. The normalized spacial score (nSPS) is 17.4. The predicted octanol–water partition coefficient (Wildman–Crippen LogP) is 2.96. The third-order valence-corrected chi connectivity index (χ3v) is 3.15. The predicted molar refractivity (Wildman–Crippen MR) is 70.0 cm³/mol. The lowest BCUT2D eigenvalue weighted by molar-refractivity contribution is -0.120. The maximum Gasteiger partial charge on any atom is 0.141 e. The summed E-state index contributed by atoms with van der Waals surface area (Å²) < 4.78 is 0. The van der Waals surface area contributed by atoms with Crippen molar-refractivity contribution in [2.45, 2.75) is 32.1 Å². The van der Waals surface area contributed by atoms with Gasteiger partial charge in [0.05, 0.1) is 0 Å². The Balaban J connectivity index is 2.11. The Morgan fingerprint density at radius 1 is 1.47 bits per heavy atom. The molecule has 88 valence electrons. The van der Waals surface area contributed by atoms with Gasteiger partial charge in [-0.15, -0.1) is 11.8 Å². The molecule has 0 saturated heterocycles. The average Bonchev–Trinajstić information content (AvgIpc) is 2.38. The van der Waals surface area contributed by atoms with E-state index in [4.69, 9.17) is 0 Å². The van der Waals surface area contributed by atoms with E-state index in [2.05, 4.69) is 23.2 Å². The number of hydrogen-bond acceptors (Lipinski definition) is 2. The number of fused-ring (bicyclic) bond motifs is 1. The highest BCUT2D eigenvalue weighted by molar-refractivity contribution is 5.88. The van der Waals surface area contributed by atoms with Crippen molar-refractivity contribution >= 4 is 11.5 Å². The number of benzene rings is 1. The summed E-state index contributed by atoms with van der Waals surface area (Å²) in [5, 5.41) is 3.33. The van der Waals surface area contributed by atoms with Gasteiger partial charge < -0.3 is 5.32 Å². The fraction of sp³-hybridized carbons (Fsp3) is 0.400. The van der Waals surface area contributed by atoms with Crippen LogP contribution < -0.4 is 5.32 Å². The van der Waals surface area contributed by atoms with E-state index in [1.54, 1.807) is 0 Å². The van der Waals surface area contributed by atoms with E-state index in [1.165, 1.54) is 0 Å². The summed E-state index contributed by atoms with van der Waals surface area (Å²) in [5.74, 6) is 6.17. The molecule has 1 atom stereocenters. The van der Waals surface area contributed by atoms with Crippen molar-refractivity contribution in [1.29, 1.82) is 0 Å². The van der Waals surface area contributed by atoms with Crippen LogP contribution >= 0.6 is 0 Å². The largest absolute Gasteiger partial charge is 0.385 e. The number of anilines is 1. The second kappa shape index (κ2) is 5.54. The zero-order valence-corrected chi connectivity index (χ0v) is 10.1. The molecule has 1 heterocycles. The summed E-state index contributed by atoms with van der Waals surface area (Å²) in [5.41, 5.74) is 2.26. The smallest absolute Gasteiger partial charge is 0.141 e. The first kappa shape index (κ1) is 11.7. The van der Waals surface area contributed by atoms with E-state index in [0.717, 1.165) is 24.2 Å². The van der Waals surface area contributed by atoms with Crippen molar-refractivity contribution in [3.8, 4) is 11.8 Å². The minimum atomic E-state index is 0.0612. The number of carbonyl (C=O) groups is 1. The van der Waals surface area contributed by atoms with E-state index >= 15 is 0 Å². The maximum absolute atomic E-state index is 12.1. The third kappa shape index (κ3) is 2.68. The lowest BCUT2D eigenvalue weighted by Crippen LogP contribution is -2.22. The molecule has 2 nitrogen and oxygen atoms in total. The van der Waals surface area contributed by atoms with Crippen LogP contribution in [0, 0.1) is 11.8 Å². The molecule has 1 aromatic carbocycles. The highest BCUT2D eigenvalue weighted by atomic mass is 16.1. The molecule has 0 amide bonds. The maximum atomic E-state index is 12.1. The van der Waals surface area contributed by atoms with Crippen LogP contribution in [0.3, 0.4) is 0 Å².